The van der Waals surface area contributed by atoms with E-state index in [0.29, 0.717) is 19.5 Å². The van der Waals surface area contributed by atoms with E-state index in [9.17, 15) is 9.59 Å². The van der Waals surface area contributed by atoms with Crippen molar-refractivity contribution in [2.45, 2.75) is 61.1 Å². The maximum atomic E-state index is 11.8. The summed E-state index contributed by atoms with van der Waals surface area (Å²) in [6, 6.07) is 7.87. The molecule has 1 rings (SSSR count). The first kappa shape index (κ1) is 20.2. The predicted octanol–water partition coefficient (Wildman–Crippen LogP) is 3.40. The zero-order valence-corrected chi connectivity index (χ0v) is 14.7. The third-order valence-electron chi connectivity index (χ3n) is 2.94. The molecule has 4 nitrogen and oxygen atoms in total. The van der Waals surface area contributed by atoms with Crippen molar-refractivity contribution in [2.24, 2.45) is 5.41 Å². The Morgan fingerprint density at radius 1 is 1.00 bits per heavy atom. The Balaban J connectivity index is 0.00000211. The summed E-state index contributed by atoms with van der Waals surface area (Å²) < 4.78 is 0. The molecule has 0 saturated heterocycles. The van der Waals surface area contributed by atoms with Crippen LogP contribution in [0.15, 0.2) is 24.3 Å². The molecule has 1 aromatic rings. The van der Waals surface area contributed by atoms with Crippen LogP contribution in [0.5, 0.6) is 0 Å². The number of amides is 2. The number of nitrogens with one attached hydrogen (secondary N) is 2. The van der Waals surface area contributed by atoms with Gasteiger partial charge in [0.1, 0.15) is 0 Å². The maximum absolute atomic E-state index is 11.8. The molecule has 0 atom stereocenters. The van der Waals surface area contributed by atoms with Crippen LogP contribution in [0.1, 0.15) is 59.1 Å². The molecular weight excluding hydrogens is 276 g/mol. The molecule has 0 fully saturated rings. The van der Waals surface area contributed by atoms with Crippen LogP contribution in [-0.2, 0) is 22.7 Å². The van der Waals surface area contributed by atoms with Crippen molar-refractivity contribution in [1.29, 1.82) is 0 Å². The Hall–Kier alpha value is -1.84. The van der Waals surface area contributed by atoms with Gasteiger partial charge in [-0.3, -0.25) is 9.59 Å². The molecule has 0 aliphatic rings. The van der Waals surface area contributed by atoms with Crippen molar-refractivity contribution in [1.82, 2.24) is 10.6 Å². The Kier molecular flexibility index (Phi) is 9.15. The molecule has 0 bridgehead atoms. The quantitative estimate of drug-likeness (QED) is 0.876. The molecular formula is C18H30N2O2. The second kappa shape index (κ2) is 9.98. The first-order valence-electron chi connectivity index (χ1n) is 7.95. The first-order valence-corrected chi connectivity index (χ1v) is 7.95. The van der Waals surface area contributed by atoms with E-state index in [0.717, 1.165) is 11.1 Å². The van der Waals surface area contributed by atoms with Crippen molar-refractivity contribution >= 4 is 11.8 Å². The Morgan fingerprint density at radius 3 is 1.95 bits per heavy atom. The zero-order chi connectivity index (χ0) is 17.2. The number of rotatable bonds is 5. The summed E-state index contributed by atoms with van der Waals surface area (Å²) in [6.45, 7) is 12.5. The van der Waals surface area contributed by atoms with Gasteiger partial charge in [0.2, 0.25) is 11.8 Å². The van der Waals surface area contributed by atoms with Crippen molar-refractivity contribution < 1.29 is 9.59 Å². The van der Waals surface area contributed by atoms with Gasteiger partial charge < -0.3 is 10.6 Å². The normalized spacial score (nSPS) is 10.3. The Bertz CT molecular complexity index is 476. The van der Waals surface area contributed by atoms with E-state index in [1.165, 1.54) is 0 Å². The lowest BCUT2D eigenvalue weighted by Gasteiger charge is -2.17. The van der Waals surface area contributed by atoms with Gasteiger partial charge in [0, 0.05) is 24.9 Å². The van der Waals surface area contributed by atoms with E-state index in [1.807, 2.05) is 65.8 Å². The lowest BCUT2D eigenvalue weighted by atomic mass is 9.95. The minimum absolute atomic E-state index is 0.0298. The summed E-state index contributed by atoms with van der Waals surface area (Å²) in [5.74, 6) is 0.0682. The molecule has 0 spiro atoms. The van der Waals surface area contributed by atoms with E-state index in [2.05, 4.69) is 10.6 Å². The minimum Gasteiger partial charge on any atom is -0.352 e. The molecule has 4 heteroatoms. The van der Waals surface area contributed by atoms with Crippen LogP contribution in [0, 0.1) is 5.41 Å². The van der Waals surface area contributed by atoms with Crippen LogP contribution in [0.4, 0.5) is 0 Å². The Morgan fingerprint density at radius 2 is 1.50 bits per heavy atom. The largest absolute Gasteiger partial charge is 0.352 e. The van der Waals surface area contributed by atoms with E-state index < -0.39 is 0 Å². The molecule has 0 heterocycles. The summed E-state index contributed by atoms with van der Waals surface area (Å²) in [5, 5.41) is 5.75. The minimum atomic E-state index is -0.382. The van der Waals surface area contributed by atoms with Crippen LogP contribution in [0.25, 0.3) is 0 Å². The first-order chi connectivity index (χ1) is 10.3. The van der Waals surface area contributed by atoms with E-state index in [-0.39, 0.29) is 17.2 Å². The third-order valence-corrected chi connectivity index (χ3v) is 2.94. The van der Waals surface area contributed by atoms with Gasteiger partial charge >= 0.3 is 0 Å². The molecule has 2 amide bonds. The van der Waals surface area contributed by atoms with Gasteiger partial charge in [-0.05, 0) is 11.1 Å². The van der Waals surface area contributed by atoms with E-state index in [1.54, 1.807) is 0 Å². The third kappa shape index (κ3) is 7.81. The fourth-order valence-corrected chi connectivity index (χ4v) is 1.62. The zero-order valence-electron chi connectivity index (χ0n) is 14.7. The highest BCUT2D eigenvalue weighted by Crippen LogP contribution is 2.13. The molecule has 0 radical (unpaired) electrons. The van der Waals surface area contributed by atoms with Crippen molar-refractivity contribution in [3.05, 3.63) is 35.4 Å². The summed E-state index contributed by atoms with van der Waals surface area (Å²) >= 11 is 0. The van der Waals surface area contributed by atoms with Gasteiger partial charge in [-0.2, -0.15) is 0 Å². The summed E-state index contributed by atoms with van der Waals surface area (Å²) in [5.41, 5.74) is 1.69. The maximum Gasteiger partial charge on any atom is 0.225 e. The molecule has 0 aliphatic heterocycles. The number of carbonyl (C=O) groups is 2. The topological polar surface area (TPSA) is 58.2 Å². The smallest absolute Gasteiger partial charge is 0.225 e. The molecule has 0 aliphatic carbocycles. The van der Waals surface area contributed by atoms with E-state index >= 15 is 0 Å². The number of hydrogen-bond donors (Lipinski definition) is 2. The van der Waals surface area contributed by atoms with Crippen LogP contribution in [0.2, 0.25) is 0 Å². The SMILES string of the molecule is CC.CCC(=O)NCc1cccc(CNC(=O)C(C)(C)C)c1. The van der Waals surface area contributed by atoms with Crippen molar-refractivity contribution in [2.75, 3.05) is 0 Å². The van der Waals surface area contributed by atoms with Gasteiger partial charge in [0.15, 0.2) is 0 Å². The highest BCUT2D eigenvalue weighted by atomic mass is 16.2. The molecule has 2 N–H and O–H groups in total. The molecule has 0 unspecified atom stereocenters. The molecule has 22 heavy (non-hydrogen) atoms. The lowest BCUT2D eigenvalue weighted by Crippen LogP contribution is -2.34. The second-order valence-corrected chi connectivity index (χ2v) is 5.88. The predicted molar refractivity (Wildman–Crippen MR) is 91.2 cm³/mol. The van der Waals surface area contributed by atoms with Gasteiger partial charge in [0.05, 0.1) is 0 Å². The van der Waals surface area contributed by atoms with Crippen LogP contribution < -0.4 is 10.6 Å². The fraction of sp³-hybridized carbons (Fsp3) is 0.556. The summed E-state index contributed by atoms with van der Waals surface area (Å²) in [4.78, 5) is 23.0. The van der Waals surface area contributed by atoms with Gasteiger partial charge in [-0.15, -0.1) is 0 Å². The standard InChI is InChI=1S/C16H24N2O2.C2H6/c1-5-14(19)17-10-12-7-6-8-13(9-12)11-18-15(20)16(2,3)4;1-2/h6-9H,5,10-11H2,1-4H3,(H,17,19)(H,18,20);1-2H3. The molecule has 0 saturated carbocycles. The highest BCUT2D eigenvalue weighted by molar-refractivity contribution is 5.81. The summed E-state index contributed by atoms with van der Waals surface area (Å²) in [7, 11) is 0. The number of benzene rings is 1. The van der Waals surface area contributed by atoms with E-state index in [4.69, 9.17) is 0 Å². The Labute approximate surface area is 134 Å². The van der Waals surface area contributed by atoms with Crippen LogP contribution >= 0.6 is 0 Å². The summed E-state index contributed by atoms with van der Waals surface area (Å²) in [6.07, 6.45) is 0.487. The lowest BCUT2D eigenvalue weighted by molar-refractivity contribution is -0.128. The van der Waals surface area contributed by atoms with Gasteiger partial charge in [0.25, 0.3) is 0 Å². The van der Waals surface area contributed by atoms with Crippen molar-refractivity contribution in [3.63, 3.8) is 0 Å². The van der Waals surface area contributed by atoms with Gasteiger partial charge in [-0.1, -0.05) is 65.8 Å². The molecule has 1 aromatic carbocycles. The second-order valence-electron chi connectivity index (χ2n) is 5.88. The van der Waals surface area contributed by atoms with Crippen LogP contribution in [0.3, 0.4) is 0 Å². The van der Waals surface area contributed by atoms with Gasteiger partial charge in [-0.25, -0.2) is 0 Å². The molecule has 0 aromatic heterocycles. The fourth-order valence-electron chi connectivity index (χ4n) is 1.62. The highest BCUT2D eigenvalue weighted by Gasteiger charge is 2.20. The van der Waals surface area contributed by atoms with Crippen molar-refractivity contribution in [3.8, 4) is 0 Å². The number of carbonyl (C=O) groups excluding carboxylic acids is 2. The van der Waals surface area contributed by atoms with Crippen LogP contribution in [-0.4, -0.2) is 11.8 Å². The molecule has 124 valence electrons. The average Bonchev–Trinajstić information content (AvgIpc) is 2.51. The number of hydrogen-bond acceptors (Lipinski definition) is 2. The average molecular weight is 306 g/mol. The monoisotopic (exact) mass is 306 g/mol.